The maximum Gasteiger partial charge on any atom is 0.257 e. The van der Waals surface area contributed by atoms with Crippen LogP contribution in [-0.4, -0.2) is 45.5 Å². The summed E-state index contributed by atoms with van der Waals surface area (Å²) < 4.78 is 0. The molecule has 0 unspecified atom stereocenters. The molecule has 0 radical (unpaired) electrons. The van der Waals surface area contributed by atoms with Crippen LogP contribution in [0.5, 0.6) is 0 Å². The van der Waals surface area contributed by atoms with Gasteiger partial charge in [-0.2, -0.15) is 5.10 Å². The number of rotatable bonds is 2. The highest BCUT2D eigenvalue weighted by Gasteiger charge is 2.45. The average molecular weight is 387 g/mol. The van der Waals surface area contributed by atoms with E-state index in [-0.39, 0.29) is 11.8 Å². The molecule has 7 nitrogen and oxygen atoms in total. The van der Waals surface area contributed by atoms with Gasteiger partial charge in [0.2, 0.25) is 5.91 Å². The Morgan fingerprint density at radius 1 is 0.966 bits per heavy atom. The highest BCUT2D eigenvalue weighted by Crippen LogP contribution is 2.36. The minimum Gasteiger partial charge on any atom is -0.369 e. The van der Waals surface area contributed by atoms with E-state index in [1.54, 1.807) is 11.1 Å². The van der Waals surface area contributed by atoms with Gasteiger partial charge in [0.25, 0.3) is 5.91 Å². The van der Waals surface area contributed by atoms with Gasteiger partial charge in [-0.05, 0) is 25.0 Å². The summed E-state index contributed by atoms with van der Waals surface area (Å²) in [5, 5.41) is 13.5. The summed E-state index contributed by atoms with van der Waals surface area (Å²) in [7, 11) is 0. The van der Waals surface area contributed by atoms with Gasteiger partial charge in [0.05, 0.1) is 28.8 Å². The number of fused-ring (bicyclic) bond motifs is 1. The van der Waals surface area contributed by atoms with E-state index >= 15 is 0 Å². The van der Waals surface area contributed by atoms with Crippen LogP contribution in [0.3, 0.4) is 0 Å². The second-order valence-corrected chi connectivity index (χ2v) is 7.52. The molecule has 29 heavy (non-hydrogen) atoms. The van der Waals surface area contributed by atoms with Crippen molar-refractivity contribution in [1.82, 2.24) is 15.1 Å². The molecule has 1 aromatic heterocycles. The van der Waals surface area contributed by atoms with Crippen molar-refractivity contribution in [2.45, 2.75) is 18.4 Å². The fraction of sp³-hybridized carbons (Fsp3) is 0.227. The Morgan fingerprint density at radius 3 is 2.41 bits per heavy atom. The molecular weight excluding hydrogens is 366 g/mol. The first-order valence-electron chi connectivity index (χ1n) is 9.73. The van der Waals surface area contributed by atoms with Crippen molar-refractivity contribution in [2.75, 3.05) is 23.7 Å². The van der Waals surface area contributed by atoms with Gasteiger partial charge in [-0.25, -0.2) is 0 Å². The topological polar surface area (TPSA) is 90.1 Å². The Bertz CT molecular complexity index is 1070. The number of hydrogen-bond acceptors (Lipinski definition) is 4. The number of para-hydroxylation sites is 2. The largest absolute Gasteiger partial charge is 0.369 e. The van der Waals surface area contributed by atoms with E-state index in [9.17, 15) is 9.59 Å². The third-order valence-corrected chi connectivity index (χ3v) is 5.82. The van der Waals surface area contributed by atoms with Crippen molar-refractivity contribution < 1.29 is 9.59 Å². The van der Waals surface area contributed by atoms with Crippen LogP contribution in [0.15, 0.2) is 60.8 Å². The summed E-state index contributed by atoms with van der Waals surface area (Å²) in [5.74, 6) is -0.0966. The standard InChI is InChI=1S/C22H21N5O2/c28-20(16-14-23-26-19(16)15-6-2-1-3-7-15)27-12-10-22(11-13-27)21(29)24-17-8-4-5-9-18(17)25-22/h1-9,14,25H,10-13H2,(H,23,26)(H,24,29). The van der Waals surface area contributed by atoms with Crippen molar-refractivity contribution >= 4 is 23.2 Å². The number of hydrogen-bond donors (Lipinski definition) is 3. The monoisotopic (exact) mass is 387 g/mol. The molecule has 1 fully saturated rings. The minimum atomic E-state index is -0.677. The Balaban J connectivity index is 1.34. The molecule has 0 bridgehead atoms. The third-order valence-electron chi connectivity index (χ3n) is 5.82. The first kappa shape index (κ1) is 17.5. The molecule has 0 atom stereocenters. The number of likely N-dealkylation sites (tertiary alicyclic amines) is 1. The maximum absolute atomic E-state index is 13.2. The van der Waals surface area contributed by atoms with Crippen LogP contribution in [0.2, 0.25) is 0 Å². The fourth-order valence-electron chi connectivity index (χ4n) is 4.14. The zero-order valence-corrected chi connectivity index (χ0v) is 15.8. The summed E-state index contributed by atoms with van der Waals surface area (Å²) in [4.78, 5) is 27.7. The molecule has 0 saturated carbocycles. The predicted molar refractivity (Wildman–Crippen MR) is 111 cm³/mol. The Labute approximate surface area is 168 Å². The van der Waals surface area contributed by atoms with Crippen LogP contribution in [0.25, 0.3) is 11.3 Å². The lowest BCUT2D eigenvalue weighted by molar-refractivity contribution is -0.122. The van der Waals surface area contributed by atoms with E-state index in [4.69, 9.17) is 0 Å². The predicted octanol–water partition coefficient (Wildman–Crippen LogP) is 3.12. The molecule has 3 heterocycles. The molecule has 2 aromatic carbocycles. The van der Waals surface area contributed by atoms with E-state index in [1.807, 2.05) is 54.6 Å². The average Bonchev–Trinajstić information content (AvgIpc) is 3.25. The van der Waals surface area contributed by atoms with Crippen molar-refractivity contribution in [3.8, 4) is 11.3 Å². The normalized spacial score (nSPS) is 17.4. The van der Waals surface area contributed by atoms with Crippen molar-refractivity contribution in [3.63, 3.8) is 0 Å². The number of carbonyl (C=O) groups excluding carboxylic acids is 2. The number of aromatic nitrogens is 2. The van der Waals surface area contributed by atoms with Crippen LogP contribution >= 0.6 is 0 Å². The van der Waals surface area contributed by atoms with E-state index in [0.717, 1.165) is 22.6 Å². The quantitative estimate of drug-likeness (QED) is 0.630. The first-order chi connectivity index (χ1) is 14.2. The Morgan fingerprint density at radius 2 is 1.66 bits per heavy atom. The van der Waals surface area contributed by atoms with Crippen molar-refractivity contribution in [1.29, 1.82) is 0 Å². The van der Waals surface area contributed by atoms with Gasteiger partial charge in [-0.3, -0.25) is 14.7 Å². The summed E-state index contributed by atoms with van der Waals surface area (Å²) in [5.41, 5.74) is 3.24. The van der Waals surface area contributed by atoms with E-state index in [2.05, 4.69) is 20.8 Å². The molecule has 3 aromatic rings. The lowest BCUT2D eigenvalue weighted by Gasteiger charge is -2.44. The van der Waals surface area contributed by atoms with Gasteiger partial charge in [0.15, 0.2) is 0 Å². The van der Waals surface area contributed by atoms with Gasteiger partial charge in [-0.15, -0.1) is 0 Å². The molecule has 2 aliphatic heterocycles. The highest BCUT2D eigenvalue weighted by molar-refractivity contribution is 6.06. The van der Waals surface area contributed by atoms with Gasteiger partial charge < -0.3 is 15.5 Å². The van der Waals surface area contributed by atoms with Gasteiger partial charge >= 0.3 is 0 Å². The summed E-state index contributed by atoms with van der Waals surface area (Å²) in [6.45, 7) is 1.00. The number of anilines is 2. The number of aromatic amines is 1. The van der Waals surface area contributed by atoms with Crippen LogP contribution in [0, 0.1) is 0 Å². The number of benzene rings is 2. The smallest absolute Gasteiger partial charge is 0.257 e. The van der Waals surface area contributed by atoms with Crippen molar-refractivity contribution in [3.05, 3.63) is 66.4 Å². The summed E-state index contributed by atoms with van der Waals surface area (Å²) >= 11 is 0. The van der Waals surface area contributed by atoms with Crippen LogP contribution in [0.1, 0.15) is 23.2 Å². The van der Waals surface area contributed by atoms with Crippen LogP contribution in [0.4, 0.5) is 11.4 Å². The molecule has 1 spiro atoms. The summed E-state index contributed by atoms with van der Waals surface area (Å²) in [6.07, 6.45) is 2.69. The SMILES string of the molecule is O=C(c1cn[nH]c1-c1ccccc1)N1CCC2(CC1)Nc1ccccc1NC2=O. The maximum atomic E-state index is 13.2. The van der Waals surface area contributed by atoms with E-state index in [0.29, 0.717) is 31.5 Å². The molecule has 146 valence electrons. The second kappa shape index (κ2) is 6.77. The molecule has 1 saturated heterocycles. The number of amides is 2. The molecular formula is C22H21N5O2. The number of carbonyl (C=O) groups is 2. The summed E-state index contributed by atoms with van der Waals surface area (Å²) in [6, 6.07) is 17.4. The first-order valence-corrected chi connectivity index (χ1v) is 9.73. The highest BCUT2D eigenvalue weighted by atomic mass is 16.2. The molecule has 2 amide bonds. The lowest BCUT2D eigenvalue weighted by Crippen LogP contribution is -2.59. The van der Waals surface area contributed by atoms with Gasteiger partial charge in [0, 0.05) is 18.7 Å². The second-order valence-electron chi connectivity index (χ2n) is 7.52. The zero-order chi connectivity index (χ0) is 19.8. The Kier molecular flexibility index (Phi) is 4.08. The lowest BCUT2D eigenvalue weighted by atomic mass is 9.84. The molecule has 3 N–H and O–H groups in total. The number of piperidine rings is 1. The number of nitrogens with zero attached hydrogens (tertiary/aromatic N) is 2. The molecule has 5 rings (SSSR count). The minimum absolute atomic E-state index is 0.0309. The van der Waals surface area contributed by atoms with Crippen molar-refractivity contribution in [2.24, 2.45) is 0 Å². The van der Waals surface area contributed by atoms with Gasteiger partial charge in [0.1, 0.15) is 5.54 Å². The Hall–Kier alpha value is -3.61. The van der Waals surface area contributed by atoms with Crippen LogP contribution in [-0.2, 0) is 4.79 Å². The van der Waals surface area contributed by atoms with Gasteiger partial charge in [-0.1, -0.05) is 42.5 Å². The van der Waals surface area contributed by atoms with E-state index < -0.39 is 5.54 Å². The van der Waals surface area contributed by atoms with Crippen LogP contribution < -0.4 is 10.6 Å². The molecule has 2 aliphatic rings. The molecule has 7 heteroatoms. The van der Waals surface area contributed by atoms with E-state index in [1.165, 1.54) is 0 Å². The zero-order valence-electron chi connectivity index (χ0n) is 15.8. The number of nitrogens with one attached hydrogen (secondary N) is 3. The number of H-pyrrole nitrogens is 1. The third kappa shape index (κ3) is 2.95. The molecule has 0 aliphatic carbocycles. The fourth-order valence-corrected chi connectivity index (χ4v) is 4.14.